The highest BCUT2D eigenvalue weighted by Crippen LogP contribution is 2.31. The van der Waals surface area contributed by atoms with Gasteiger partial charge in [0.2, 0.25) is 5.82 Å². The minimum absolute atomic E-state index is 0.187. The molecule has 1 saturated heterocycles. The summed E-state index contributed by atoms with van der Waals surface area (Å²) in [6.07, 6.45) is 5.72. The summed E-state index contributed by atoms with van der Waals surface area (Å²) in [5.74, 6) is -0.0557. The summed E-state index contributed by atoms with van der Waals surface area (Å²) in [5.41, 5.74) is 9.23. The van der Waals surface area contributed by atoms with Gasteiger partial charge in [-0.2, -0.15) is 14.7 Å². The maximum atomic E-state index is 13.9. The fraction of sp³-hybridized carbons (Fsp3) is 0.192. The van der Waals surface area contributed by atoms with Crippen molar-refractivity contribution in [3.05, 3.63) is 77.1 Å². The Balaban J connectivity index is 1.31. The number of anilines is 1. The van der Waals surface area contributed by atoms with Crippen LogP contribution in [0.2, 0.25) is 0 Å². The second-order valence-electron chi connectivity index (χ2n) is 9.49. The molecular weight excluding hydrogens is 503 g/mol. The Morgan fingerprint density at radius 3 is 2.69 bits per heavy atom. The molecule has 1 fully saturated rings. The Bertz CT molecular complexity index is 1960. The molecule has 0 unspecified atom stereocenters. The maximum absolute atomic E-state index is 13.9. The van der Waals surface area contributed by atoms with Crippen LogP contribution in [0.1, 0.15) is 29.5 Å². The first-order chi connectivity index (χ1) is 19.0. The van der Waals surface area contributed by atoms with Crippen molar-refractivity contribution >= 4 is 39.3 Å². The number of rotatable bonds is 3. The van der Waals surface area contributed by atoms with Crippen LogP contribution in [0.3, 0.4) is 0 Å². The highest BCUT2D eigenvalue weighted by molar-refractivity contribution is 5.93. The minimum atomic E-state index is -0.354. The number of aromatic nitrogens is 8. The van der Waals surface area contributed by atoms with E-state index in [1.807, 2.05) is 6.07 Å². The first-order valence-electron chi connectivity index (χ1n) is 12.4. The molecule has 12 nitrogen and oxygen atoms in total. The number of likely N-dealkylation sites (tertiary alicyclic amines) is 1. The summed E-state index contributed by atoms with van der Waals surface area (Å²) in [6, 6.07) is 9.18. The van der Waals surface area contributed by atoms with E-state index in [0.29, 0.717) is 70.5 Å². The van der Waals surface area contributed by atoms with E-state index in [-0.39, 0.29) is 29.1 Å². The standard InChI is InChI=1S/C26H21FN10O2/c27-16-1-3-20-14(10-16)9-15(11-29-20)19-12-32-37-22(28)18-2-4-21(38)36(24(18)33-25(19)37)17-5-7-35(8-6-17)26(39)23-30-13-31-34-23/h1-4,9-13,17H,5-8,28H2,(H,30,31,34). The smallest absolute Gasteiger partial charge is 0.291 e. The molecule has 39 heavy (non-hydrogen) atoms. The third-order valence-corrected chi connectivity index (χ3v) is 7.25. The van der Waals surface area contributed by atoms with Gasteiger partial charge in [-0.1, -0.05) is 0 Å². The van der Waals surface area contributed by atoms with Gasteiger partial charge < -0.3 is 10.6 Å². The lowest BCUT2D eigenvalue weighted by Gasteiger charge is -2.32. The van der Waals surface area contributed by atoms with Crippen LogP contribution in [0.4, 0.5) is 10.2 Å². The van der Waals surface area contributed by atoms with Gasteiger partial charge in [0.05, 0.1) is 17.1 Å². The summed E-state index contributed by atoms with van der Waals surface area (Å²) < 4.78 is 17.0. The number of hydrogen-bond donors (Lipinski definition) is 2. The Kier molecular flexibility index (Phi) is 5.11. The van der Waals surface area contributed by atoms with E-state index in [9.17, 15) is 14.0 Å². The number of nitrogens with zero attached hydrogens (tertiary/aromatic N) is 8. The first-order valence-corrected chi connectivity index (χ1v) is 12.4. The van der Waals surface area contributed by atoms with Gasteiger partial charge >= 0.3 is 0 Å². The number of hydrogen-bond acceptors (Lipinski definition) is 8. The van der Waals surface area contributed by atoms with Crippen LogP contribution in [-0.4, -0.2) is 63.2 Å². The van der Waals surface area contributed by atoms with Crippen molar-refractivity contribution in [3.63, 3.8) is 0 Å². The van der Waals surface area contributed by atoms with Crippen LogP contribution < -0.4 is 11.3 Å². The average Bonchev–Trinajstić information content (AvgIpc) is 3.63. The van der Waals surface area contributed by atoms with Crippen molar-refractivity contribution in [1.29, 1.82) is 0 Å². The molecule has 0 radical (unpaired) electrons. The molecule has 0 saturated carbocycles. The Morgan fingerprint density at radius 2 is 1.90 bits per heavy atom. The van der Waals surface area contributed by atoms with Gasteiger partial charge in [-0.15, -0.1) is 0 Å². The third-order valence-electron chi connectivity index (χ3n) is 7.25. The van der Waals surface area contributed by atoms with Gasteiger partial charge in [0.1, 0.15) is 23.6 Å². The van der Waals surface area contributed by atoms with E-state index in [1.165, 1.54) is 29.0 Å². The number of nitrogens with one attached hydrogen (secondary N) is 1. The second-order valence-corrected chi connectivity index (χ2v) is 9.49. The predicted molar refractivity (Wildman–Crippen MR) is 140 cm³/mol. The molecule has 194 valence electrons. The van der Waals surface area contributed by atoms with Crippen LogP contribution in [0.15, 0.2) is 59.9 Å². The minimum Gasteiger partial charge on any atom is -0.383 e. The zero-order valence-corrected chi connectivity index (χ0v) is 20.5. The molecule has 0 bridgehead atoms. The van der Waals surface area contributed by atoms with E-state index in [2.05, 4.69) is 25.3 Å². The number of H-pyrrole nitrogens is 1. The SMILES string of the molecule is Nc1c2ccc(=O)n(C3CCN(C(=O)c4ncn[nH]4)CC3)c2nc2c(-c3cnc4ccc(F)cc4c3)cnn12. The van der Waals surface area contributed by atoms with Gasteiger partial charge in [0.25, 0.3) is 11.5 Å². The molecule has 0 aliphatic carbocycles. The topological polar surface area (TPSA) is 153 Å². The van der Waals surface area contributed by atoms with E-state index >= 15 is 0 Å². The number of halogens is 1. The van der Waals surface area contributed by atoms with Gasteiger partial charge in [0.15, 0.2) is 5.65 Å². The van der Waals surface area contributed by atoms with Crippen LogP contribution in [0.25, 0.3) is 38.7 Å². The number of fused-ring (bicyclic) bond motifs is 3. The van der Waals surface area contributed by atoms with E-state index in [4.69, 9.17) is 10.7 Å². The predicted octanol–water partition coefficient (Wildman–Crippen LogP) is 2.58. The lowest BCUT2D eigenvalue weighted by Crippen LogP contribution is -2.41. The number of nitrogens with two attached hydrogens (primary N) is 1. The number of benzene rings is 1. The van der Waals surface area contributed by atoms with E-state index in [0.717, 1.165) is 0 Å². The highest BCUT2D eigenvalue weighted by Gasteiger charge is 2.28. The summed E-state index contributed by atoms with van der Waals surface area (Å²) in [5, 5.41) is 12.0. The van der Waals surface area contributed by atoms with Crippen molar-refractivity contribution in [1.82, 2.24) is 44.2 Å². The van der Waals surface area contributed by atoms with E-state index in [1.54, 1.807) is 34.0 Å². The zero-order valence-electron chi connectivity index (χ0n) is 20.5. The zero-order chi connectivity index (χ0) is 26.7. The molecular formula is C26H21FN10O2. The van der Waals surface area contributed by atoms with Gasteiger partial charge in [-0.3, -0.25) is 24.2 Å². The van der Waals surface area contributed by atoms with Crippen molar-refractivity contribution in [3.8, 4) is 11.1 Å². The number of piperidine rings is 1. The van der Waals surface area contributed by atoms with Gasteiger partial charge in [0, 0.05) is 47.9 Å². The summed E-state index contributed by atoms with van der Waals surface area (Å²) in [6.45, 7) is 0.893. The number of carbonyl (C=O) groups excluding carboxylic acids is 1. The lowest BCUT2D eigenvalue weighted by molar-refractivity contribution is 0.0683. The maximum Gasteiger partial charge on any atom is 0.291 e. The number of pyridine rings is 2. The quantitative estimate of drug-likeness (QED) is 0.358. The number of carbonyl (C=O) groups is 1. The third kappa shape index (κ3) is 3.69. The molecule has 6 heterocycles. The van der Waals surface area contributed by atoms with Gasteiger partial charge in [-0.05, 0) is 43.2 Å². The van der Waals surface area contributed by atoms with Gasteiger partial charge in [-0.25, -0.2) is 14.4 Å². The van der Waals surface area contributed by atoms with Crippen molar-refractivity contribution in [2.24, 2.45) is 0 Å². The molecule has 13 heteroatoms. The molecule has 6 aromatic rings. The molecule has 1 aliphatic heterocycles. The Labute approximate surface area is 218 Å². The molecule has 0 spiro atoms. The summed E-state index contributed by atoms with van der Waals surface area (Å²) in [7, 11) is 0. The molecule has 3 N–H and O–H groups in total. The Hall–Kier alpha value is -5.20. The largest absolute Gasteiger partial charge is 0.383 e. The molecule has 7 rings (SSSR count). The number of amides is 1. The first kappa shape index (κ1) is 23.0. The van der Waals surface area contributed by atoms with Crippen molar-refractivity contribution in [2.75, 3.05) is 18.8 Å². The van der Waals surface area contributed by atoms with Crippen LogP contribution in [0.5, 0.6) is 0 Å². The Morgan fingerprint density at radius 1 is 1.05 bits per heavy atom. The monoisotopic (exact) mass is 524 g/mol. The second kappa shape index (κ2) is 8.68. The van der Waals surface area contributed by atoms with Crippen LogP contribution in [-0.2, 0) is 0 Å². The van der Waals surface area contributed by atoms with E-state index < -0.39 is 0 Å². The molecule has 5 aromatic heterocycles. The molecule has 1 aliphatic rings. The van der Waals surface area contributed by atoms with Crippen molar-refractivity contribution in [2.45, 2.75) is 18.9 Å². The van der Waals surface area contributed by atoms with Crippen LogP contribution >= 0.6 is 0 Å². The number of nitrogen functional groups attached to an aromatic ring is 1. The van der Waals surface area contributed by atoms with Crippen LogP contribution in [0, 0.1) is 5.82 Å². The molecule has 1 amide bonds. The average molecular weight is 525 g/mol. The fourth-order valence-corrected chi connectivity index (χ4v) is 5.29. The summed E-state index contributed by atoms with van der Waals surface area (Å²) in [4.78, 5) is 40.8. The lowest BCUT2D eigenvalue weighted by atomic mass is 10.0. The molecule has 1 aromatic carbocycles. The highest BCUT2D eigenvalue weighted by atomic mass is 19.1. The normalized spacial score (nSPS) is 14.5. The number of aromatic amines is 1. The molecule has 0 atom stereocenters. The van der Waals surface area contributed by atoms with Crippen molar-refractivity contribution < 1.29 is 9.18 Å². The fourth-order valence-electron chi connectivity index (χ4n) is 5.29. The summed E-state index contributed by atoms with van der Waals surface area (Å²) >= 11 is 0.